The molecule has 152 valence electrons. The van der Waals surface area contributed by atoms with Crippen LogP contribution in [0.1, 0.15) is 55.4 Å². The van der Waals surface area contributed by atoms with Gasteiger partial charge >= 0.3 is 0 Å². The van der Waals surface area contributed by atoms with Crippen LogP contribution in [0.5, 0.6) is 0 Å². The zero-order chi connectivity index (χ0) is 20.1. The summed E-state index contributed by atoms with van der Waals surface area (Å²) in [5.74, 6) is -3.36. The SMILES string of the molecule is CC1CC(F)(F)CC(O)(CCC(=O)c2cn(C3COC3)c3cccc(Cl)c23)C1. The van der Waals surface area contributed by atoms with Gasteiger partial charge < -0.3 is 14.4 Å². The summed E-state index contributed by atoms with van der Waals surface area (Å²) < 4.78 is 35.1. The lowest BCUT2D eigenvalue weighted by molar-refractivity contribution is -0.142. The summed E-state index contributed by atoms with van der Waals surface area (Å²) in [7, 11) is 0. The number of Topliss-reactive ketones (excluding diaryl/α,β-unsaturated/α-hetero) is 1. The number of aromatic nitrogens is 1. The van der Waals surface area contributed by atoms with Crippen molar-refractivity contribution in [2.24, 2.45) is 5.92 Å². The lowest BCUT2D eigenvalue weighted by Crippen LogP contribution is -2.44. The molecule has 1 saturated carbocycles. The van der Waals surface area contributed by atoms with E-state index in [1.54, 1.807) is 19.2 Å². The molecule has 2 unspecified atom stereocenters. The van der Waals surface area contributed by atoms with Gasteiger partial charge in [0.05, 0.1) is 35.4 Å². The third-order valence-electron chi connectivity index (χ3n) is 5.90. The largest absolute Gasteiger partial charge is 0.390 e. The van der Waals surface area contributed by atoms with Crippen LogP contribution in [0.3, 0.4) is 0 Å². The number of benzene rings is 1. The molecule has 2 aliphatic rings. The molecule has 1 aliphatic carbocycles. The number of ether oxygens (including phenoxy) is 1. The van der Waals surface area contributed by atoms with Crippen molar-refractivity contribution in [2.45, 2.75) is 56.6 Å². The molecule has 4 nitrogen and oxygen atoms in total. The first-order valence-electron chi connectivity index (χ1n) is 9.68. The van der Waals surface area contributed by atoms with Crippen molar-refractivity contribution >= 4 is 28.3 Å². The molecule has 4 rings (SSSR count). The van der Waals surface area contributed by atoms with Crippen molar-refractivity contribution in [1.82, 2.24) is 4.57 Å². The van der Waals surface area contributed by atoms with Crippen LogP contribution in [0.15, 0.2) is 24.4 Å². The summed E-state index contributed by atoms with van der Waals surface area (Å²) in [6.07, 6.45) is 1.31. The molecule has 7 heteroatoms. The Kier molecular flexibility index (Phi) is 5.01. The van der Waals surface area contributed by atoms with Gasteiger partial charge in [0.1, 0.15) is 0 Å². The van der Waals surface area contributed by atoms with E-state index in [9.17, 15) is 18.7 Å². The molecule has 1 aromatic carbocycles. The summed E-state index contributed by atoms with van der Waals surface area (Å²) in [5, 5.41) is 11.9. The first-order chi connectivity index (χ1) is 13.2. The van der Waals surface area contributed by atoms with Crippen molar-refractivity contribution in [1.29, 1.82) is 0 Å². The summed E-state index contributed by atoms with van der Waals surface area (Å²) >= 11 is 6.37. The molecule has 0 radical (unpaired) electrons. The quantitative estimate of drug-likeness (QED) is 0.703. The molecule has 2 atom stereocenters. The van der Waals surface area contributed by atoms with E-state index in [1.807, 2.05) is 16.7 Å². The summed E-state index contributed by atoms with van der Waals surface area (Å²) in [5.41, 5.74) is -0.173. The van der Waals surface area contributed by atoms with E-state index < -0.39 is 17.9 Å². The maximum atomic E-state index is 13.9. The number of hydrogen-bond donors (Lipinski definition) is 1. The van der Waals surface area contributed by atoms with E-state index in [1.165, 1.54) is 0 Å². The first kappa shape index (κ1) is 19.8. The number of ketones is 1. The zero-order valence-electron chi connectivity index (χ0n) is 15.8. The zero-order valence-corrected chi connectivity index (χ0v) is 16.5. The highest BCUT2D eigenvalue weighted by Gasteiger charge is 2.47. The van der Waals surface area contributed by atoms with Crippen molar-refractivity contribution in [3.8, 4) is 0 Å². The molecule has 1 aromatic heterocycles. The Labute approximate surface area is 167 Å². The van der Waals surface area contributed by atoms with Crippen LogP contribution < -0.4 is 0 Å². The van der Waals surface area contributed by atoms with Crippen molar-refractivity contribution < 1.29 is 23.4 Å². The van der Waals surface area contributed by atoms with Gasteiger partial charge in [-0.1, -0.05) is 24.6 Å². The van der Waals surface area contributed by atoms with Gasteiger partial charge in [-0.2, -0.15) is 0 Å². The van der Waals surface area contributed by atoms with Crippen molar-refractivity contribution in [3.63, 3.8) is 0 Å². The molecule has 0 bridgehead atoms. The molecular formula is C21H24ClF2NO3. The minimum absolute atomic E-state index is 0.00477. The van der Waals surface area contributed by atoms with Gasteiger partial charge in [-0.15, -0.1) is 0 Å². The second-order valence-corrected chi connectivity index (χ2v) is 8.88. The molecule has 1 saturated heterocycles. The molecule has 1 N–H and O–H groups in total. The van der Waals surface area contributed by atoms with Gasteiger partial charge in [-0.25, -0.2) is 8.78 Å². The minimum atomic E-state index is -2.89. The summed E-state index contributed by atoms with van der Waals surface area (Å²) in [4.78, 5) is 13.0. The van der Waals surface area contributed by atoms with E-state index in [-0.39, 0.29) is 43.4 Å². The Morgan fingerprint density at radius 1 is 1.36 bits per heavy atom. The van der Waals surface area contributed by atoms with E-state index >= 15 is 0 Å². The van der Waals surface area contributed by atoms with Crippen LogP contribution in [0.2, 0.25) is 5.02 Å². The predicted octanol–water partition coefficient (Wildman–Crippen LogP) is 5.02. The molecule has 1 aliphatic heterocycles. The highest BCUT2D eigenvalue weighted by atomic mass is 35.5. The van der Waals surface area contributed by atoms with Gasteiger partial charge in [0, 0.05) is 36.4 Å². The maximum Gasteiger partial charge on any atom is 0.251 e. The Bertz CT molecular complexity index is 908. The number of aliphatic hydroxyl groups is 1. The molecule has 0 amide bonds. The highest BCUT2D eigenvalue weighted by Crippen LogP contribution is 2.44. The monoisotopic (exact) mass is 411 g/mol. The predicted molar refractivity (Wildman–Crippen MR) is 103 cm³/mol. The Hall–Kier alpha value is -1.50. The topological polar surface area (TPSA) is 51.5 Å². The van der Waals surface area contributed by atoms with E-state index in [0.717, 1.165) is 5.52 Å². The van der Waals surface area contributed by atoms with Crippen LogP contribution >= 0.6 is 11.6 Å². The van der Waals surface area contributed by atoms with Gasteiger partial charge in [0.25, 0.3) is 5.92 Å². The molecule has 2 aromatic rings. The first-order valence-corrected chi connectivity index (χ1v) is 10.1. The van der Waals surface area contributed by atoms with Gasteiger partial charge in [0.2, 0.25) is 0 Å². The maximum absolute atomic E-state index is 13.9. The van der Waals surface area contributed by atoms with E-state index in [4.69, 9.17) is 16.3 Å². The number of fused-ring (bicyclic) bond motifs is 1. The number of nitrogens with zero attached hydrogens (tertiary/aromatic N) is 1. The fraction of sp³-hybridized carbons (Fsp3) is 0.571. The van der Waals surface area contributed by atoms with Gasteiger partial charge in [0.15, 0.2) is 5.78 Å². The van der Waals surface area contributed by atoms with Crippen LogP contribution in [0.25, 0.3) is 10.9 Å². The standard InChI is InChI=1S/C21H24ClF2NO3/c1-13-7-20(27,12-21(23,24)8-13)6-5-18(26)15-9-25(14-10-28-11-14)17-4-2-3-16(22)19(15)17/h2-4,9,13-14,27H,5-8,10-12H2,1H3. The average Bonchev–Trinajstić information content (AvgIpc) is 2.90. The molecule has 0 spiro atoms. The van der Waals surface area contributed by atoms with Gasteiger partial charge in [-0.05, 0) is 30.9 Å². The second kappa shape index (κ2) is 7.08. The van der Waals surface area contributed by atoms with E-state index in [2.05, 4.69) is 0 Å². The second-order valence-electron chi connectivity index (χ2n) is 8.47. The molecule has 2 fully saturated rings. The molecule has 2 heterocycles. The van der Waals surface area contributed by atoms with Crippen molar-refractivity contribution in [2.75, 3.05) is 13.2 Å². The van der Waals surface area contributed by atoms with Crippen LogP contribution in [0, 0.1) is 5.92 Å². The average molecular weight is 412 g/mol. The number of carbonyl (C=O) groups excluding carboxylic acids is 1. The van der Waals surface area contributed by atoms with Crippen LogP contribution in [0.4, 0.5) is 8.78 Å². The number of rotatable bonds is 5. The Morgan fingerprint density at radius 2 is 2.11 bits per heavy atom. The summed E-state index contributed by atoms with van der Waals surface area (Å²) in [6, 6.07) is 5.64. The lowest BCUT2D eigenvalue weighted by atomic mass is 9.74. The normalized spacial score (nSPS) is 27.7. The Balaban J connectivity index is 1.58. The summed E-state index contributed by atoms with van der Waals surface area (Å²) in [6.45, 7) is 2.88. The highest BCUT2D eigenvalue weighted by molar-refractivity contribution is 6.37. The molecule has 28 heavy (non-hydrogen) atoms. The molecular weight excluding hydrogens is 388 g/mol. The van der Waals surface area contributed by atoms with E-state index in [0.29, 0.717) is 29.2 Å². The van der Waals surface area contributed by atoms with Crippen LogP contribution in [-0.2, 0) is 4.74 Å². The smallest absolute Gasteiger partial charge is 0.251 e. The number of hydrogen-bond acceptors (Lipinski definition) is 3. The fourth-order valence-electron chi connectivity index (χ4n) is 4.69. The van der Waals surface area contributed by atoms with Crippen LogP contribution in [-0.4, -0.2) is 40.2 Å². The number of alkyl halides is 2. The minimum Gasteiger partial charge on any atom is -0.390 e. The third kappa shape index (κ3) is 3.70. The van der Waals surface area contributed by atoms with Crippen molar-refractivity contribution in [3.05, 3.63) is 35.0 Å². The fourth-order valence-corrected chi connectivity index (χ4v) is 4.96. The number of halogens is 3. The third-order valence-corrected chi connectivity index (χ3v) is 6.22. The number of carbonyl (C=O) groups is 1. The van der Waals surface area contributed by atoms with Gasteiger partial charge in [-0.3, -0.25) is 4.79 Å². The Morgan fingerprint density at radius 3 is 2.75 bits per heavy atom. The lowest BCUT2D eigenvalue weighted by Gasteiger charge is -2.39.